The topological polar surface area (TPSA) is 59.5 Å². The molecule has 3 unspecified atom stereocenters. The Morgan fingerprint density at radius 2 is 1.90 bits per heavy atom. The number of benzene rings is 1. The lowest BCUT2D eigenvalue weighted by Gasteiger charge is -2.35. The standard InChI is InChI=1S/C23H21ClN2O3/c24-16-5-3-4-15(12-16)20-19-21(27)17-6-1-2-7-18(17)29-22(19)23(28)26(20)13-14-8-10-25-11-9-14/h3-5,8-12,17-18,20H,1-2,6-7,13H2. The summed E-state index contributed by atoms with van der Waals surface area (Å²) >= 11 is 6.25. The fraction of sp³-hybridized carbons (Fsp3) is 0.348. The molecule has 3 heterocycles. The SMILES string of the molecule is O=C1C2=C(OC3CCCCC13)C(=O)N(Cc1ccncc1)C2c1cccc(Cl)c1. The normalized spacial score (nSPS) is 26.2. The molecule has 0 saturated heterocycles. The van der Waals surface area contributed by atoms with Crippen LogP contribution in [-0.2, 0) is 20.9 Å². The number of fused-ring (bicyclic) bond motifs is 1. The van der Waals surface area contributed by atoms with Crippen LogP contribution in [0.5, 0.6) is 0 Å². The number of amides is 1. The van der Waals surface area contributed by atoms with Gasteiger partial charge in [-0.2, -0.15) is 0 Å². The zero-order valence-corrected chi connectivity index (χ0v) is 16.6. The van der Waals surface area contributed by atoms with E-state index in [9.17, 15) is 9.59 Å². The molecule has 3 aliphatic rings. The third kappa shape index (κ3) is 3.14. The van der Waals surface area contributed by atoms with Gasteiger partial charge in [-0.05, 0) is 54.7 Å². The third-order valence-corrected chi connectivity index (χ3v) is 6.36. The van der Waals surface area contributed by atoms with Gasteiger partial charge in [-0.1, -0.05) is 30.2 Å². The van der Waals surface area contributed by atoms with Crippen molar-refractivity contribution in [1.29, 1.82) is 0 Å². The summed E-state index contributed by atoms with van der Waals surface area (Å²) in [5.41, 5.74) is 2.27. The molecule has 148 valence electrons. The molecule has 6 heteroatoms. The molecule has 1 aromatic carbocycles. The van der Waals surface area contributed by atoms with Gasteiger partial charge < -0.3 is 9.64 Å². The molecule has 1 fully saturated rings. The van der Waals surface area contributed by atoms with Gasteiger partial charge >= 0.3 is 0 Å². The summed E-state index contributed by atoms with van der Waals surface area (Å²) in [5, 5.41) is 0.576. The summed E-state index contributed by atoms with van der Waals surface area (Å²) in [6.45, 7) is 0.373. The van der Waals surface area contributed by atoms with Gasteiger partial charge in [0.05, 0.1) is 17.5 Å². The Bertz CT molecular complexity index is 1000. The lowest BCUT2D eigenvalue weighted by atomic mass is 9.77. The van der Waals surface area contributed by atoms with E-state index in [4.69, 9.17) is 16.3 Å². The van der Waals surface area contributed by atoms with Crippen LogP contribution >= 0.6 is 11.6 Å². The number of ether oxygens (including phenoxy) is 1. The molecule has 0 N–H and O–H groups in total. The van der Waals surface area contributed by atoms with Crippen molar-refractivity contribution in [2.24, 2.45) is 5.92 Å². The Morgan fingerprint density at radius 3 is 2.69 bits per heavy atom. The number of aromatic nitrogens is 1. The highest BCUT2D eigenvalue weighted by molar-refractivity contribution is 6.30. The number of rotatable bonds is 3. The number of carbonyl (C=O) groups excluding carboxylic acids is 2. The van der Waals surface area contributed by atoms with E-state index in [0.717, 1.165) is 36.8 Å². The highest BCUT2D eigenvalue weighted by atomic mass is 35.5. The fourth-order valence-electron chi connectivity index (χ4n) is 4.76. The maximum Gasteiger partial charge on any atom is 0.290 e. The number of ketones is 1. The molecular weight excluding hydrogens is 388 g/mol. The first-order valence-electron chi connectivity index (χ1n) is 10.0. The zero-order chi connectivity index (χ0) is 20.0. The van der Waals surface area contributed by atoms with E-state index in [0.29, 0.717) is 17.1 Å². The van der Waals surface area contributed by atoms with E-state index >= 15 is 0 Å². The van der Waals surface area contributed by atoms with Crippen LogP contribution in [0.4, 0.5) is 0 Å². The van der Waals surface area contributed by atoms with Gasteiger partial charge in [-0.15, -0.1) is 0 Å². The number of hydrogen-bond donors (Lipinski definition) is 0. The summed E-state index contributed by atoms with van der Waals surface area (Å²) in [6, 6.07) is 10.7. The van der Waals surface area contributed by atoms with Gasteiger partial charge in [0.25, 0.3) is 5.91 Å². The number of nitrogens with zero attached hydrogens (tertiary/aromatic N) is 2. The van der Waals surface area contributed by atoms with Crippen molar-refractivity contribution in [3.63, 3.8) is 0 Å². The molecule has 2 aromatic rings. The smallest absolute Gasteiger partial charge is 0.290 e. The molecule has 1 amide bonds. The predicted molar refractivity (Wildman–Crippen MR) is 108 cm³/mol. The Kier molecular flexibility index (Phi) is 4.63. The van der Waals surface area contributed by atoms with Crippen LogP contribution in [-0.4, -0.2) is 27.7 Å². The molecule has 3 atom stereocenters. The Labute approximate surface area is 174 Å². The summed E-state index contributed by atoms with van der Waals surface area (Å²) in [4.78, 5) is 32.6. The van der Waals surface area contributed by atoms with Gasteiger partial charge in [0.2, 0.25) is 0 Å². The first-order valence-corrected chi connectivity index (χ1v) is 10.4. The van der Waals surface area contributed by atoms with E-state index in [1.165, 1.54) is 0 Å². The van der Waals surface area contributed by atoms with Crippen molar-refractivity contribution >= 4 is 23.3 Å². The first kappa shape index (κ1) is 18.4. The van der Waals surface area contributed by atoms with E-state index in [-0.39, 0.29) is 29.5 Å². The van der Waals surface area contributed by atoms with Gasteiger partial charge in [0.15, 0.2) is 11.5 Å². The summed E-state index contributed by atoms with van der Waals surface area (Å²) in [5.74, 6) is -0.0827. The largest absolute Gasteiger partial charge is 0.483 e. The van der Waals surface area contributed by atoms with Crippen LogP contribution in [0.15, 0.2) is 60.1 Å². The zero-order valence-electron chi connectivity index (χ0n) is 15.9. The summed E-state index contributed by atoms with van der Waals surface area (Å²) < 4.78 is 6.17. The van der Waals surface area contributed by atoms with Crippen LogP contribution in [0.3, 0.4) is 0 Å². The highest BCUT2D eigenvalue weighted by Crippen LogP contribution is 2.47. The van der Waals surface area contributed by atoms with Crippen molar-refractivity contribution in [1.82, 2.24) is 9.88 Å². The third-order valence-electron chi connectivity index (χ3n) is 6.13. The minimum absolute atomic E-state index is 0.0616. The van der Waals surface area contributed by atoms with E-state index in [2.05, 4.69) is 4.98 Å². The molecule has 0 bridgehead atoms. The lowest BCUT2D eigenvalue weighted by molar-refractivity contribution is -0.135. The van der Waals surface area contributed by atoms with Crippen molar-refractivity contribution in [3.05, 3.63) is 76.3 Å². The van der Waals surface area contributed by atoms with Crippen molar-refractivity contribution in [2.75, 3.05) is 0 Å². The van der Waals surface area contributed by atoms with E-state index < -0.39 is 6.04 Å². The number of halogens is 1. The maximum atomic E-state index is 13.5. The Hall–Kier alpha value is -2.66. The Morgan fingerprint density at radius 1 is 1.10 bits per heavy atom. The van der Waals surface area contributed by atoms with E-state index in [1.807, 2.05) is 30.3 Å². The molecule has 0 radical (unpaired) electrons. The second-order valence-electron chi connectivity index (χ2n) is 7.90. The van der Waals surface area contributed by atoms with Crippen LogP contribution in [0.25, 0.3) is 0 Å². The number of pyridine rings is 1. The number of carbonyl (C=O) groups is 2. The van der Waals surface area contributed by atoms with Crippen molar-refractivity contribution in [2.45, 2.75) is 44.4 Å². The second-order valence-corrected chi connectivity index (χ2v) is 8.34. The van der Waals surface area contributed by atoms with Crippen LogP contribution in [0.1, 0.15) is 42.9 Å². The lowest BCUT2D eigenvalue weighted by Crippen LogP contribution is -2.39. The number of Topliss-reactive ketones (excluding diaryl/α,β-unsaturated/α-hetero) is 1. The monoisotopic (exact) mass is 408 g/mol. The number of hydrogen-bond acceptors (Lipinski definition) is 4. The molecule has 2 aliphatic heterocycles. The van der Waals surface area contributed by atoms with E-state index in [1.54, 1.807) is 23.4 Å². The quantitative estimate of drug-likeness (QED) is 0.762. The minimum atomic E-state index is -0.486. The highest BCUT2D eigenvalue weighted by Gasteiger charge is 2.51. The molecule has 29 heavy (non-hydrogen) atoms. The molecular formula is C23H21ClN2O3. The van der Waals surface area contributed by atoms with Crippen molar-refractivity contribution < 1.29 is 14.3 Å². The molecule has 5 rings (SSSR count). The average Bonchev–Trinajstić information content (AvgIpc) is 3.01. The summed E-state index contributed by atoms with van der Waals surface area (Å²) in [6.07, 6.45) is 6.92. The molecule has 5 nitrogen and oxygen atoms in total. The van der Waals surface area contributed by atoms with Crippen LogP contribution in [0, 0.1) is 5.92 Å². The molecule has 1 saturated carbocycles. The van der Waals surface area contributed by atoms with Crippen LogP contribution in [0.2, 0.25) is 5.02 Å². The molecule has 0 spiro atoms. The molecule has 1 aromatic heterocycles. The Balaban J connectivity index is 1.60. The van der Waals surface area contributed by atoms with Gasteiger partial charge in [0, 0.05) is 24.0 Å². The fourth-order valence-corrected chi connectivity index (χ4v) is 4.96. The van der Waals surface area contributed by atoms with Gasteiger partial charge in [-0.25, -0.2) is 0 Å². The predicted octanol–water partition coefficient (Wildman–Crippen LogP) is 4.23. The minimum Gasteiger partial charge on any atom is -0.483 e. The average molecular weight is 409 g/mol. The maximum absolute atomic E-state index is 13.5. The van der Waals surface area contributed by atoms with Gasteiger partial charge in [0.1, 0.15) is 6.10 Å². The second kappa shape index (κ2) is 7.30. The van der Waals surface area contributed by atoms with Crippen LogP contribution < -0.4 is 0 Å². The van der Waals surface area contributed by atoms with Crippen molar-refractivity contribution in [3.8, 4) is 0 Å². The first-order chi connectivity index (χ1) is 14.1. The molecule has 1 aliphatic carbocycles. The summed E-state index contributed by atoms with van der Waals surface area (Å²) in [7, 11) is 0. The van der Waals surface area contributed by atoms with Gasteiger partial charge in [-0.3, -0.25) is 14.6 Å².